The van der Waals surface area contributed by atoms with Gasteiger partial charge in [0.15, 0.2) is 5.78 Å². The number of aliphatic hydroxyl groups is 1. The van der Waals surface area contributed by atoms with Crippen LogP contribution in [0.1, 0.15) is 97.1 Å². The highest BCUT2D eigenvalue weighted by atomic mass is 32.2. The number of hydrogen-bond donors (Lipinski definition) is 6. The van der Waals surface area contributed by atoms with Gasteiger partial charge in [-0.2, -0.15) is 8.42 Å². The Kier molecular flexibility index (Phi) is 21.2. The zero-order valence-electron chi connectivity index (χ0n) is 39.0. The van der Waals surface area contributed by atoms with Gasteiger partial charge in [-0.25, -0.2) is 0 Å². The summed E-state index contributed by atoms with van der Waals surface area (Å²) in [5, 5.41) is 31.1. The lowest BCUT2D eigenvalue weighted by Crippen LogP contribution is -2.60. The number of morpholine rings is 1. The highest BCUT2D eigenvalue weighted by Crippen LogP contribution is 2.29. The van der Waals surface area contributed by atoms with Crippen molar-refractivity contribution in [1.82, 2.24) is 26.2 Å². The molecule has 2 aliphatic rings. The monoisotopic (exact) mass is 941 g/mol. The third kappa shape index (κ3) is 17.8. The lowest BCUT2D eigenvalue weighted by Gasteiger charge is -2.31. The molecule has 0 spiro atoms. The number of ether oxygens (including phenoxy) is 1. The number of nitrogens with one attached hydrogen (secondary N) is 4. The minimum atomic E-state index is -4.31. The number of carbonyl (C=O) groups excluding carboxylic acids is 5. The van der Waals surface area contributed by atoms with Crippen molar-refractivity contribution >= 4 is 45.5 Å². The van der Waals surface area contributed by atoms with Gasteiger partial charge in [0.2, 0.25) is 23.6 Å². The Labute approximate surface area is 389 Å². The Balaban J connectivity index is 1.52. The predicted octanol–water partition coefficient (Wildman–Crippen LogP) is 2.93. The maximum Gasteiger partial charge on any atom is 0.306 e. The van der Waals surface area contributed by atoms with E-state index in [1.165, 1.54) is 0 Å². The van der Waals surface area contributed by atoms with Crippen LogP contribution < -0.4 is 21.3 Å². The van der Waals surface area contributed by atoms with Crippen molar-refractivity contribution in [3.8, 4) is 0 Å². The first-order valence-corrected chi connectivity index (χ1v) is 24.7. The van der Waals surface area contributed by atoms with Gasteiger partial charge < -0.3 is 36.2 Å². The average molecular weight is 942 g/mol. The summed E-state index contributed by atoms with van der Waals surface area (Å²) in [6, 6.07) is 13.7. The SMILES string of the molecule is CC(C)CC(NC(=O)[C@H](Cc1ccccc1)NC(=O)[C@H](CC(C)C)NC(=O)[C@H](CCc1ccccc1)NC(=O)CN1CCOCC1)C(=O)[C@](C)(O)COS(=O)(=O)C1CCCC(C(=O)O)CC1. The number of rotatable bonds is 25. The molecule has 6 N–H and O–H groups in total. The molecule has 2 aromatic rings. The highest BCUT2D eigenvalue weighted by Gasteiger charge is 2.41. The molecule has 0 radical (unpaired) electrons. The molecule has 18 heteroatoms. The van der Waals surface area contributed by atoms with Crippen molar-refractivity contribution in [2.24, 2.45) is 17.8 Å². The number of ketones is 1. The van der Waals surface area contributed by atoms with Crippen LogP contribution in [0, 0.1) is 17.8 Å². The molecular formula is C48H71N5O12S. The molecule has 0 bridgehead atoms. The molecule has 17 nitrogen and oxygen atoms in total. The molecule has 4 amide bonds. The molecule has 1 saturated carbocycles. The molecular weight excluding hydrogens is 871 g/mol. The van der Waals surface area contributed by atoms with E-state index in [2.05, 4.69) is 21.3 Å². The summed E-state index contributed by atoms with van der Waals surface area (Å²) in [6.07, 6.45) is 2.01. The second-order valence-electron chi connectivity index (χ2n) is 18.7. The summed E-state index contributed by atoms with van der Waals surface area (Å²) in [6.45, 7) is 9.77. The lowest BCUT2D eigenvalue weighted by molar-refractivity contribution is -0.143. The Morgan fingerprint density at radius 2 is 1.29 bits per heavy atom. The van der Waals surface area contributed by atoms with E-state index in [9.17, 15) is 47.4 Å². The number of amides is 4. The van der Waals surface area contributed by atoms with Crippen LogP contribution in [0.5, 0.6) is 0 Å². The number of aliphatic carboxylic acids is 1. The van der Waals surface area contributed by atoms with Gasteiger partial charge in [0, 0.05) is 19.5 Å². The summed E-state index contributed by atoms with van der Waals surface area (Å²) in [4.78, 5) is 83.6. The zero-order valence-corrected chi connectivity index (χ0v) is 39.9. The number of hydrogen-bond acceptors (Lipinski definition) is 12. The van der Waals surface area contributed by atoms with Gasteiger partial charge in [0.1, 0.15) is 30.3 Å². The average Bonchev–Trinajstić information content (AvgIpc) is 3.55. The number of aryl methyl sites for hydroxylation is 1. The zero-order chi connectivity index (χ0) is 48.4. The van der Waals surface area contributed by atoms with Crippen LogP contribution in [0.2, 0.25) is 0 Å². The standard InChI is InChI=1S/C48H71N5O12S/c1-32(2)27-39(43(55)48(5,61)31-65-66(62,63)37-18-12-17-36(20-21-37)47(59)60)50-46(58)41(29-35-15-10-7-11-16-35)52-45(57)40(28-33(3)4)51-44(56)38(22-19-34-13-8-6-9-14-34)49-42(54)30-53-23-25-64-26-24-53/h6-11,13-16,32-33,36-41,61H,12,17-31H2,1-5H3,(H,49,54)(H,50,58)(H,51,56)(H,52,57)(H,59,60)/t36?,37?,38-,39?,40-,41-,48+/m0/s1. The van der Waals surface area contributed by atoms with Crippen LogP contribution >= 0.6 is 0 Å². The van der Waals surface area contributed by atoms with Crippen LogP contribution in [0.25, 0.3) is 0 Å². The van der Waals surface area contributed by atoms with Gasteiger partial charge in [-0.05, 0) is 81.3 Å². The van der Waals surface area contributed by atoms with Gasteiger partial charge in [-0.15, -0.1) is 0 Å². The molecule has 2 aromatic carbocycles. The predicted molar refractivity (Wildman–Crippen MR) is 247 cm³/mol. The number of benzene rings is 2. The molecule has 1 aliphatic carbocycles. The van der Waals surface area contributed by atoms with E-state index in [1.54, 1.807) is 44.2 Å². The summed E-state index contributed by atoms with van der Waals surface area (Å²) in [7, 11) is -4.31. The minimum absolute atomic E-state index is 0.0114. The largest absolute Gasteiger partial charge is 0.481 e. The van der Waals surface area contributed by atoms with E-state index in [0.29, 0.717) is 51.1 Å². The van der Waals surface area contributed by atoms with Crippen molar-refractivity contribution < 1.29 is 56.3 Å². The van der Waals surface area contributed by atoms with E-state index in [4.69, 9.17) is 8.92 Å². The maximum absolute atomic E-state index is 14.3. The summed E-state index contributed by atoms with van der Waals surface area (Å²) in [5.41, 5.74) is -0.741. The van der Waals surface area contributed by atoms with Gasteiger partial charge in [-0.1, -0.05) is 94.8 Å². The number of nitrogens with zero attached hydrogens (tertiary/aromatic N) is 1. The molecule has 0 aromatic heterocycles. The van der Waals surface area contributed by atoms with Crippen LogP contribution in [0.4, 0.5) is 0 Å². The van der Waals surface area contributed by atoms with Crippen molar-refractivity contribution in [2.45, 2.75) is 134 Å². The van der Waals surface area contributed by atoms with E-state index >= 15 is 0 Å². The van der Waals surface area contributed by atoms with E-state index in [-0.39, 0.29) is 69.2 Å². The Morgan fingerprint density at radius 3 is 1.89 bits per heavy atom. The van der Waals surface area contributed by atoms with Crippen LogP contribution in [0.3, 0.4) is 0 Å². The Morgan fingerprint density at radius 1 is 0.742 bits per heavy atom. The molecule has 4 rings (SSSR count). The van der Waals surface area contributed by atoms with Crippen molar-refractivity contribution in [3.05, 3.63) is 71.8 Å². The van der Waals surface area contributed by atoms with Gasteiger partial charge >= 0.3 is 5.97 Å². The molecule has 7 atom stereocenters. The summed E-state index contributed by atoms with van der Waals surface area (Å²) in [5.74, 6) is -5.18. The maximum atomic E-state index is 14.3. The van der Waals surface area contributed by atoms with E-state index in [1.807, 2.05) is 49.1 Å². The van der Waals surface area contributed by atoms with Crippen molar-refractivity contribution in [3.63, 3.8) is 0 Å². The van der Waals surface area contributed by atoms with E-state index < -0.39 is 87.1 Å². The smallest absolute Gasteiger partial charge is 0.306 e. The molecule has 3 unspecified atom stereocenters. The van der Waals surface area contributed by atoms with Gasteiger partial charge in [0.25, 0.3) is 10.1 Å². The molecule has 2 fully saturated rings. The molecule has 366 valence electrons. The fraction of sp³-hybridized carbons (Fsp3) is 0.625. The normalized spacial score (nSPS) is 19.9. The quantitative estimate of drug-likeness (QED) is 0.0620. The second-order valence-corrected chi connectivity index (χ2v) is 20.6. The minimum Gasteiger partial charge on any atom is -0.481 e. The first-order valence-electron chi connectivity index (χ1n) is 23.2. The fourth-order valence-electron chi connectivity index (χ4n) is 8.25. The number of carbonyl (C=O) groups is 6. The summed E-state index contributed by atoms with van der Waals surface area (Å²) < 4.78 is 37.2. The highest BCUT2D eigenvalue weighted by molar-refractivity contribution is 7.87. The molecule has 1 aliphatic heterocycles. The number of Topliss-reactive ketones (excluding diaryl/α,β-unsaturated/α-hetero) is 1. The third-order valence-electron chi connectivity index (χ3n) is 12.0. The van der Waals surface area contributed by atoms with Crippen LogP contribution in [-0.2, 0) is 60.6 Å². The van der Waals surface area contributed by atoms with Crippen LogP contribution in [-0.4, -0.2) is 133 Å². The topological polar surface area (TPSA) is 247 Å². The number of carboxylic acid groups (broad SMARTS) is 1. The first kappa shape index (κ1) is 53.9. The lowest BCUT2D eigenvalue weighted by atomic mass is 9.90. The molecule has 1 saturated heterocycles. The van der Waals surface area contributed by atoms with Gasteiger partial charge in [-0.3, -0.25) is 37.9 Å². The van der Waals surface area contributed by atoms with Gasteiger partial charge in [0.05, 0.1) is 37.0 Å². The molecule has 1 heterocycles. The fourth-order valence-corrected chi connectivity index (χ4v) is 9.72. The van der Waals surface area contributed by atoms with Crippen molar-refractivity contribution in [2.75, 3.05) is 39.5 Å². The van der Waals surface area contributed by atoms with Crippen molar-refractivity contribution in [1.29, 1.82) is 0 Å². The Hall–Kier alpha value is -4.75. The van der Waals surface area contributed by atoms with E-state index in [0.717, 1.165) is 12.5 Å². The summed E-state index contributed by atoms with van der Waals surface area (Å²) >= 11 is 0. The molecule has 66 heavy (non-hydrogen) atoms. The first-order chi connectivity index (χ1) is 31.2. The third-order valence-corrected chi connectivity index (χ3v) is 13.7. The Bertz CT molecular complexity index is 2010. The van der Waals surface area contributed by atoms with Crippen LogP contribution in [0.15, 0.2) is 60.7 Å². The second kappa shape index (κ2) is 26.0. The number of carboxylic acids is 1.